The second kappa shape index (κ2) is 5.73. The number of aromatic nitrogens is 2. The standard InChI is InChI=1S/C16H17F2N3O2/c17-16(18,15(23)7-4-8-15)14(22)20-13-9-19-21(11-13)10-12-5-2-1-3-6-12/h1-3,5-6,9,11,23H,4,7-8,10H2,(H,20,22). The summed E-state index contributed by atoms with van der Waals surface area (Å²) in [5, 5.41) is 15.9. The van der Waals surface area contributed by atoms with Crippen molar-refractivity contribution in [1.29, 1.82) is 0 Å². The number of alkyl halides is 2. The highest BCUT2D eigenvalue weighted by atomic mass is 19.3. The van der Waals surface area contributed by atoms with Gasteiger partial charge in [-0.15, -0.1) is 0 Å². The molecule has 1 amide bonds. The van der Waals surface area contributed by atoms with Crippen LogP contribution in [-0.2, 0) is 11.3 Å². The summed E-state index contributed by atoms with van der Waals surface area (Å²) < 4.78 is 29.5. The molecule has 2 N–H and O–H groups in total. The minimum Gasteiger partial charge on any atom is -0.383 e. The Balaban J connectivity index is 1.66. The molecular weight excluding hydrogens is 304 g/mol. The van der Waals surface area contributed by atoms with Crippen LogP contribution in [0.4, 0.5) is 14.5 Å². The van der Waals surface area contributed by atoms with Crippen LogP contribution in [0.2, 0.25) is 0 Å². The van der Waals surface area contributed by atoms with E-state index in [1.165, 1.54) is 12.4 Å². The van der Waals surface area contributed by atoms with E-state index in [4.69, 9.17) is 0 Å². The average Bonchev–Trinajstić information content (AvgIpc) is 2.92. The van der Waals surface area contributed by atoms with Crippen molar-refractivity contribution in [3.8, 4) is 0 Å². The molecule has 1 saturated carbocycles. The summed E-state index contributed by atoms with van der Waals surface area (Å²) in [7, 11) is 0. The number of carbonyl (C=O) groups is 1. The number of amides is 1. The summed E-state index contributed by atoms with van der Waals surface area (Å²) in [5.41, 5.74) is -1.05. The van der Waals surface area contributed by atoms with Gasteiger partial charge in [-0.3, -0.25) is 9.48 Å². The molecule has 0 saturated heterocycles. The lowest BCUT2D eigenvalue weighted by Crippen LogP contribution is -2.59. The highest BCUT2D eigenvalue weighted by molar-refractivity contribution is 5.97. The summed E-state index contributed by atoms with van der Waals surface area (Å²) in [6.07, 6.45) is 3.14. The van der Waals surface area contributed by atoms with Gasteiger partial charge in [-0.2, -0.15) is 13.9 Å². The van der Waals surface area contributed by atoms with Gasteiger partial charge in [-0.25, -0.2) is 0 Å². The number of carbonyl (C=O) groups excluding carboxylic acids is 1. The predicted octanol–water partition coefficient (Wildman–Crippen LogP) is 2.42. The molecule has 23 heavy (non-hydrogen) atoms. The van der Waals surface area contributed by atoms with Crippen LogP contribution in [0.1, 0.15) is 24.8 Å². The number of benzene rings is 1. The normalized spacial score (nSPS) is 16.7. The maximum atomic E-state index is 14.0. The van der Waals surface area contributed by atoms with Gasteiger partial charge in [0, 0.05) is 6.20 Å². The molecule has 0 atom stereocenters. The van der Waals surface area contributed by atoms with Gasteiger partial charge in [0.2, 0.25) is 0 Å². The first-order valence-corrected chi connectivity index (χ1v) is 7.39. The Morgan fingerprint density at radius 3 is 2.65 bits per heavy atom. The van der Waals surface area contributed by atoms with E-state index in [-0.39, 0.29) is 18.5 Å². The topological polar surface area (TPSA) is 67.2 Å². The minimum atomic E-state index is -3.81. The van der Waals surface area contributed by atoms with Gasteiger partial charge in [-0.05, 0) is 24.8 Å². The zero-order valence-electron chi connectivity index (χ0n) is 12.4. The van der Waals surface area contributed by atoms with Crippen molar-refractivity contribution in [1.82, 2.24) is 9.78 Å². The van der Waals surface area contributed by atoms with Crippen molar-refractivity contribution in [2.45, 2.75) is 37.3 Å². The predicted molar refractivity (Wildman–Crippen MR) is 80.1 cm³/mol. The lowest BCUT2D eigenvalue weighted by molar-refractivity contribution is -0.212. The van der Waals surface area contributed by atoms with E-state index in [2.05, 4.69) is 10.4 Å². The van der Waals surface area contributed by atoms with Gasteiger partial charge in [0.1, 0.15) is 5.60 Å². The Labute approximate surface area is 131 Å². The van der Waals surface area contributed by atoms with Crippen LogP contribution in [0.15, 0.2) is 42.7 Å². The maximum absolute atomic E-state index is 14.0. The first-order valence-electron chi connectivity index (χ1n) is 7.39. The van der Waals surface area contributed by atoms with E-state index in [0.717, 1.165) is 5.56 Å². The molecule has 1 heterocycles. The number of anilines is 1. The summed E-state index contributed by atoms with van der Waals surface area (Å²) in [6.45, 7) is 0.469. The van der Waals surface area contributed by atoms with Crippen molar-refractivity contribution in [3.05, 3.63) is 48.3 Å². The van der Waals surface area contributed by atoms with Crippen molar-refractivity contribution in [2.24, 2.45) is 0 Å². The molecule has 1 aliphatic carbocycles. The van der Waals surface area contributed by atoms with Crippen molar-refractivity contribution in [3.63, 3.8) is 0 Å². The molecule has 0 bridgehead atoms. The smallest absolute Gasteiger partial charge is 0.352 e. The largest absolute Gasteiger partial charge is 0.383 e. The molecule has 1 aromatic heterocycles. The molecule has 0 unspecified atom stereocenters. The highest BCUT2D eigenvalue weighted by Gasteiger charge is 2.61. The number of hydrogen-bond donors (Lipinski definition) is 2. The first-order chi connectivity index (χ1) is 10.9. The Kier molecular flexibility index (Phi) is 3.89. The fourth-order valence-electron chi connectivity index (χ4n) is 2.53. The minimum absolute atomic E-state index is 0.0688. The molecule has 3 rings (SSSR count). The summed E-state index contributed by atoms with van der Waals surface area (Å²) in [5.74, 6) is -5.31. The van der Waals surface area contributed by atoms with Crippen LogP contribution in [0.5, 0.6) is 0 Å². The second-order valence-corrected chi connectivity index (χ2v) is 5.83. The molecule has 1 aliphatic rings. The Morgan fingerprint density at radius 1 is 1.35 bits per heavy atom. The van der Waals surface area contributed by atoms with E-state index < -0.39 is 17.4 Å². The van der Waals surface area contributed by atoms with Crippen molar-refractivity contribution >= 4 is 11.6 Å². The summed E-state index contributed by atoms with van der Waals surface area (Å²) in [6, 6.07) is 9.51. The van der Waals surface area contributed by atoms with Crippen LogP contribution in [0.3, 0.4) is 0 Å². The van der Waals surface area contributed by atoms with Gasteiger partial charge in [0.25, 0.3) is 5.91 Å². The molecule has 0 aliphatic heterocycles. The van der Waals surface area contributed by atoms with Crippen LogP contribution >= 0.6 is 0 Å². The molecule has 5 nitrogen and oxygen atoms in total. The lowest BCUT2D eigenvalue weighted by atomic mass is 9.75. The Bertz CT molecular complexity index is 696. The van der Waals surface area contributed by atoms with Crippen LogP contribution in [0.25, 0.3) is 0 Å². The van der Waals surface area contributed by atoms with E-state index in [1.807, 2.05) is 30.3 Å². The zero-order chi connectivity index (χ0) is 16.5. The molecule has 1 aromatic carbocycles. The maximum Gasteiger partial charge on any atom is 0.352 e. The quantitative estimate of drug-likeness (QED) is 0.889. The lowest BCUT2D eigenvalue weighted by Gasteiger charge is -2.41. The third-order valence-corrected chi connectivity index (χ3v) is 4.13. The Hall–Kier alpha value is -2.28. The molecule has 0 spiro atoms. The first kappa shape index (κ1) is 15.6. The third-order valence-electron chi connectivity index (χ3n) is 4.13. The number of aliphatic hydroxyl groups is 1. The fraction of sp³-hybridized carbons (Fsp3) is 0.375. The third kappa shape index (κ3) is 2.96. The zero-order valence-corrected chi connectivity index (χ0v) is 12.4. The Morgan fingerprint density at radius 2 is 2.04 bits per heavy atom. The van der Waals surface area contributed by atoms with E-state index in [9.17, 15) is 18.7 Å². The highest BCUT2D eigenvalue weighted by Crippen LogP contribution is 2.44. The average molecular weight is 321 g/mol. The van der Waals surface area contributed by atoms with Crippen molar-refractivity contribution in [2.75, 3.05) is 5.32 Å². The SMILES string of the molecule is O=C(Nc1cnn(Cc2ccccc2)c1)C(F)(F)C1(O)CCC1. The molecule has 0 radical (unpaired) electrons. The van der Waals surface area contributed by atoms with E-state index in [0.29, 0.717) is 13.0 Å². The van der Waals surface area contributed by atoms with Gasteiger partial charge in [0.15, 0.2) is 0 Å². The van der Waals surface area contributed by atoms with Crippen molar-refractivity contribution < 1.29 is 18.7 Å². The van der Waals surface area contributed by atoms with Crippen LogP contribution < -0.4 is 5.32 Å². The number of nitrogens with zero attached hydrogens (tertiary/aromatic N) is 2. The number of halogens is 2. The number of hydrogen-bond acceptors (Lipinski definition) is 3. The fourth-order valence-corrected chi connectivity index (χ4v) is 2.53. The molecule has 122 valence electrons. The van der Waals surface area contributed by atoms with Crippen LogP contribution in [0, 0.1) is 0 Å². The summed E-state index contributed by atoms with van der Waals surface area (Å²) in [4.78, 5) is 11.8. The molecule has 7 heteroatoms. The number of nitrogens with one attached hydrogen (secondary N) is 1. The molecule has 2 aromatic rings. The van der Waals surface area contributed by atoms with Crippen LogP contribution in [-0.4, -0.2) is 32.3 Å². The summed E-state index contributed by atoms with van der Waals surface area (Å²) >= 11 is 0. The molecular formula is C16H17F2N3O2. The van der Waals surface area contributed by atoms with E-state index >= 15 is 0 Å². The molecule has 1 fully saturated rings. The second-order valence-electron chi connectivity index (χ2n) is 5.83. The van der Waals surface area contributed by atoms with Gasteiger partial charge >= 0.3 is 5.92 Å². The van der Waals surface area contributed by atoms with Gasteiger partial charge < -0.3 is 10.4 Å². The number of rotatable bonds is 5. The monoisotopic (exact) mass is 321 g/mol. The van der Waals surface area contributed by atoms with E-state index in [1.54, 1.807) is 4.68 Å². The van der Waals surface area contributed by atoms with Gasteiger partial charge in [-0.1, -0.05) is 30.3 Å². The van der Waals surface area contributed by atoms with Gasteiger partial charge in [0.05, 0.1) is 18.4 Å².